The third-order valence-corrected chi connectivity index (χ3v) is 3.34. The Bertz CT molecular complexity index is 674. The van der Waals surface area contributed by atoms with Crippen molar-refractivity contribution in [3.05, 3.63) is 35.5 Å². The number of para-hydroxylation sites is 1. The highest BCUT2D eigenvalue weighted by Crippen LogP contribution is 2.23. The summed E-state index contributed by atoms with van der Waals surface area (Å²) in [5.41, 5.74) is 2.91. The third-order valence-electron chi connectivity index (χ3n) is 3.34. The second-order valence-electron chi connectivity index (χ2n) is 5.58. The number of nitrogens with one attached hydrogen (secondary N) is 2. The summed E-state index contributed by atoms with van der Waals surface area (Å²) >= 11 is 0. The van der Waals surface area contributed by atoms with Crippen LogP contribution in [0.15, 0.2) is 24.3 Å². The Morgan fingerprint density at radius 1 is 1.27 bits per heavy atom. The maximum absolute atomic E-state index is 11.9. The zero-order valence-electron chi connectivity index (χ0n) is 13.2. The van der Waals surface area contributed by atoms with Gasteiger partial charge in [-0.15, -0.1) is 0 Å². The van der Waals surface area contributed by atoms with Crippen molar-refractivity contribution >= 4 is 22.8 Å². The Balaban J connectivity index is 2.23. The number of aromatic nitrogens is 1. The van der Waals surface area contributed by atoms with E-state index in [4.69, 9.17) is 4.74 Å². The van der Waals surface area contributed by atoms with Gasteiger partial charge in [0.15, 0.2) is 0 Å². The first-order chi connectivity index (χ1) is 10.5. The summed E-state index contributed by atoms with van der Waals surface area (Å²) in [6.07, 6.45) is 0.760. The molecule has 0 atom stereocenters. The van der Waals surface area contributed by atoms with Gasteiger partial charge in [0.1, 0.15) is 0 Å². The second kappa shape index (κ2) is 7.11. The van der Waals surface area contributed by atoms with Crippen molar-refractivity contribution in [1.82, 2.24) is 10.3 Å². The molecule has 2 rings (SSSR count). The monoisotopic (exact) mass is 302 g/mol. The van der Waals surface area contributed by atoms with E-state index in [2.05, 4.69) is 10.3 Å². The van der Waals surface area contributed by atoms with E-state index in [1.54, 1.807) is 0 Å². The molecule has 2 N–H and O–H groups in total. The Labute approximate surface area is 130 Å². The van der Waals surface area contributed by atoms with Gasteiger partial charge >= 0.3 is 5.97 Å². The van der Waals surface area contributed by atoms with E-state index in [-0.39, 0.29) is 24.4 Å². The van der Waals surface area contributed by atoms with E-state index in [0.29, 0.717) is 13.0 Å². The number of hydrogen-bond acceptors (Lipinski definition) is 3. The molecular weight excluding hydrogens is 280 g/mol. The van der Waals surface area contributed by atoms with Crippen molar-refractivity contribution in [3.63, 3.8) is 0 Å². The van der Waals surface area contributed by atoms with Crippen molar-refractivity contribution in [1.29, 1.82) is 0 Å². The Hall–Kier alpha value is -2.30. The van der Waals surface area contributed by atoms with Crippen LogP contribution >= 0.6 is 0 Å². The van der Waals surface area contributed by atoms with Crippen LogP contribution in [-0.2, 0) is 27.2 Å². The van der Waals surface area contributed by atoms with Crippen LogP contribution in [0.5, 0.6) is 0 Å². The van der Waals surface area contributed by atoms with Gasteiger partial charge in [0.25, 0.3) is 0 Å². The van der Waals surface area contributed by atoms with Crippen molar-refractivity contribution in [2.45, 2.75) is 39.7 Å². The molecule has 0 bridgehead atoms. The van der Waals surface area contributed by atoms with Gasteiger partial charge in [0, 0.05) is 30.1 Å². The molecule has 0 saturated carbocycles. The number of hydrogen-bond donors (Lipinski definition) is 2. The molecular formula is C17H22N2O3. The number of rotatable bonds is 6. The highest BCUT2D eigenvalue weighted by Gasteiger charge is 2.15. The number of benzene rings is 1. The van der Waals surface area contributed by atoms with Crippen LogP contribution in [0, 0.1) is 0 Å². The minimum atomic E-state index is -0.248. The predicted molar refractivity (Wildman–Crippen MR) is 85.6 cm³/mol. The molecule has 2 aromatic rings. The molecule has 0 aliphatic heterocycles. The molecule has 118 valence electrons. The summed E-state index contributed by atoms with van der Waals surface area (Å²) < 4.78 is 5.22. The van der Waals surface area contributed by atoms with E-state index in [0.717, 1.165) is 22.2 Å². The maximum atomic E-state index is 11.9. The molecule has 22 heavy (non-hydrogen) atoms. The van der Waals surface area contributed by atoms with Crippen molar-refractivity contribution in [2.24, 2.45) is 0 Å². The standard InChI is InChI=1S/C17H22N2O3/c1-11(2)22-17(21)10-16-14(8-9-18-12(3)20)13-6-4-5-7-15(13)19-16/h4-7,11,19H,8-10H2,1-3H3,(H,18,20). The number of carbonyl (C=O) groups excluding carboxylic acids is 2. The second-order valence-corrected chi connectivity index (χ2v) is 5.58. The summed E-state index contributed by atoms with van der Waals surface area (Å²) in [5, 5.41) is 3.88. The lowest BCUT2D eigenvalue weighted by atomic mass is 10.1. The van der Waals surface area contributed by atoms with Crippen molar-refractivity contribution in [3.8, 4) is 0 Å². The van der Waals surface area contributed by atoms with Gasteiger partial charge < -0.3 is 15.0 Å². The molecule has 0 aliphatic carbocycles. The van der Waals surface area contributed by atoms with E-state index >= 15 is 0 Å². The molecule has 1 amide bonds. The molecule has 0 fully saturated rings. The van der Waals surface area contributed by atoms with Crippen LogP contribution in [0.1, 0.15) is 32.0 Å². The molecule has 1 aromatic heterocycles. The summed E-state index contributed by atoms with van der Waals surface area (Å²) in [6, 6.07) is 7.92. The quantitative estimate of drug-likeness (QED) is 0.805. The highest BCUT2D eigenvalue weighted by molar-refractivity contribution is 5.86. The number of ether oxygens (including phenoxy) is 1. The molecule has 0 aliphatic rings. The number of amides is 1. The lowest BCUT2D eigenvalue weighted by Gasteiger charge is -2.09. The van der Waals surface area contributed by atoms with Gasteiger partial charge in [0.05, 0.1) is 12.5 Å². The Kier molecular flexibility index (Phi) is 5.20. The van der Waals surface area contributed by atoms with Gasteiger partial charge in [0.2, 0.25) is 5.91 Å². The van der Waals surface area contributed by atoms with Crippen LogP contribution in [0.3, 0.4) is 0 Å². The molecule has 5 heteroatoms. The van der Waals surface area contributed by atoms with Crippen LogP contribution in [-0.4, -0.2) is 29.5 Å². The fraction of sp³-hybridized carbons (Fsp3) is 0.412. The van der Waals surface area contributed by atoms with Gasteiger partial charge in [-0.2, -0.15) is 0 Å². The number of esters is 1. The molecule has 0 saturated heterocycles. The number of H-pyrrole nitrogens is 1. The van der Waals surface area contributed by atoms with Gasteiger partial charge in [-0.05, 0) is 31.9 Å². The van der Waals surface area contributed by atoms with E-state index in [1.165, 1.54) is 6.92 Å². The summed E-state index contributed by atoms with van der Waals surface area (Å²) in [6.45, 7) is 5.71. The Morgan fingerprint density at radius 2 is 2.00 bits per heavy atom. The molecule has 0 unspecified atom stereocenters. The fourth-order valence-corrected chi connectivity index (χ4v) is 2.50. The smallest absolute Gasteiger partial charge is 0.312 e. The lowest BCUT2D eigenvalue weighted by molar-refractivity contribution is -0.146. The average Bonchev–Trinajstić information content (AvgIpc) is 2.75. The zero-order valence-corrected chi connectivity index (χ0v) is 13.2. The van der Waals surface area contributed by atoms with Crippen LogP contribution < -0.4 is 5.32 Å². The molecule has 0 spiro atoms. The normalized spacial score (nSPS) is 10.9. The van der Waals surface area contributed by atoms with Gasteiger partial charge in [-0.25, -0.2) is 0 Å². The zero-order chi connectivity index (χ0) is 16.1. The molecule has 5 nitrogen and oxygen atoms in total. The average molecular weight is 302 g/mol. The largest absolute Gasteiger partial charge is 0.463 e. The summed E-state index contributed by atoms with van der Waals surface area (Å²) in [7, 11) is 0. The molecule has 1 heterocycles. The Morgan fingerprint density at radius 3 is 2.68 bits per heavy atom. The number of carbonyl (C=O) groups is 2. The number of aromatic amines is 1. The molecule has 0 radical (unpaired) electrons. The fourth-order valence-electron chi connectivity index (χ4n) is 2.50. The minimum Gasteiger partial charge on any atom is -0.463 e. The van der Waals surface area contributed by atoms with E-state index in [1.807, 2.05) is 38.1 Å². The highest BCUT2D eigenvalue weighted by atomic mass is 16.5. The summed E-state index contributed by atoms with van der Waals surface area (Å²) in [5.74, 6) is -0.303. The van der Waals surface area contributed by atoms with E-state index < -0.39 is 0 Å². The van der Waals surface area contributed by atoms with Crippen LogP contribution in [0.4, 0.5) is 0 Å². The van der Waals surface area contributed by atoms with E-state index in [9.17, 15) is 9.59 Å². The van der Waals surface area contributed by atoms with Crippen LogP contribution in [0.2, 0.25) is 0 Å². The first-order valence-corrected chi connectivity index (χ1v) is 7.49. The SMILES string of the molecule is CC(=O)NCCc1c(CC(=O)OC(C)C)[nH]c2ccccc12. The predicted octanol–water partition coefficient (Wildman–Crippen LogP) is 2.34. The van der Waals surface area contributed by atoms with Crippen molar-refractivity contribution in [2.75, 3.05) is 6.54 Å². The number of fused-ring (bicyclic) bond motifs is 1. The third kappa shape index (κ3) is 4.10. The first-order valence-electron chi connectivity index (χ1n) is 7.49. The first kappa shape index (κ1) is 16.1. The maximum Gasteiger partial charge on any atom is 0.312 e. The van der Waals surface area contributed by atoms with Gasteiger partial charge in [-0.3, -0.25) is 9.59 Å². The topological polar surface area (TPSA) is 71.2 Å². The van der Waals surface area contributed by atoms with Crippen molar-refractivity contribution < 1.29 is 14.3 Å². The lowest BCUT2D eigenvalue weighted by Crippen LogP contribution is -2.23. The minimum absolute atomic E-state index is 0.0550. The van der Waals surface area contributed by atoms with Gasteiger partial charge in [-0.1, -0.05) is 18.2 Å². The molecule has 1 aromatic carbocycles. The van der Waals surface area contributed by atoms with Crippen LogP contribution in [0.25, 0.3) is 10.9 Å². The summed E-state index contributed by atoms with van der Waals surface area (Å²) in [4.78, 5) is 26.2.